The van der Waals surface area contributed by atoms with Crippen molar-refractivity contribution in [3.8, 4) is 0 Å². The molecule has 0 saturated heterocycles. The van der Waals surface area contributed by atoms with E-state index in [1.54, 1.807) is 18.1 Å². The van der Waals surface area contributed by atoms with Gasteiger partial charge in [-0.2, -0.15) is 0 Å². The van der Waals surface area contributed by atoms with Crippen LogP contribution in [0.1, 0.15) is 6.92 Å². The van der Waals surface area contributed by atoms with Crippen molar-refractivity contribution < 1.29 is 9.53 Å². The summed E-state index contributed by atoms with van der Waals surface area (Å²) in [4.78, 5) is 10.9. The fourth-order valence-electron chi connectivity index (χ4n) is 0.831. The quantitative estimate of drug-likeness (QED) is 0.669. The standard InChI is InChI=1S/C8H12N2O2/c1-2-12-8(11)9-10-6-4-3-5-7-10/h3-6H,2,7H2,1H3,(H,9,11). The third-order valence-corrected chi connectivity index (χ3v) is 1.33. The molecule has 0 aromatic carbocycles. The molecule has 4 nitrogen and oxygen atoms in total. The van der Waals surface area contributed by atoms with Gasteiger partial charge in [0.05, 0.1) is 13.2 Å². The average Bonchev–Trinajstić information content (AvgIpc) is 2.06. The van der Waals surface area contributed by atoms with Crippen molar-refractivity contribution >= 4 is 6.09 Å². The van der Waals surface area contributed by atoms with Gasteiger partial charge in [-0.1, -0.05) is 12.2 Å². The predicted octanol–water partition coefficient (Wildman–Crippen LogP) is 1.03. The highest BCUT2D eigenvalue weighted by Gasteiger charge is 2.04. The zero-order chi connectivity index (χ0) is 8.81. The van der Waals surface area contributed by atoms with Gasteiger partial charge in [-0.15, -0.1) is 0 Å². The maximum absolute atomic E-state index is 10.9. The van der Waals surface area contributed by atoms with Crippen LogP contribution < -0.4 is 5.43 Å². The van der Waals surface area contributed by atoms with Crippen LogP contribution in [0.25, 0.3) is 0 Å². The highest BCUT2D eigenvalue weighted by molar-refractivity contribution is 5.66. The number of rotatable bonds is 2. The molecule has 1 rings (SSSR count). The summed E-state index contributed by atoms with van der Waals surface area (Å²) in [7, 11) is 0. The van der Waals surface area contributed by atoms with E-state index in [1.165, 1.54) is 0 Å². The number of allylic oxidation sites excluding steroid dienone is 2. The topological polar surface area (TPSA) is 41.6 Å². The number of ether oxygens (including phenoxy) is 1. The molecule has 4 heteroatoms. The Balaban J connectivity index is 2.27. The molecule has 1 amide bonds. The summed E-state index contributed by atoms with van der Waals surface area (Å²) in [6.07, 6.45) is 7.06. The third kappa shape index (κ3) is 2.65. The third-order valence-electron chi connectivity index (χ3n) is 1.33. The van der Waals surface area contributed by atoms with E-state index in [9.17, 15) is 4.79 Å². The van der Waals surface area contributed by atoms with E-state index in [4.69, 9.17) is 4.74 Å². The van der Waals surface area contributed by atoms with Gasteiger partial charge in [0.15, 0.2) is 0 Å². The fourth-order valence-corrected chi connectivity index (χ4v) is 0.831. The van der Waals surface area contributed by atoms with Crippen molar-refractivity contribution in [2.75, 3.05) is 13.2 Å². The second-order valence-electron chi connectivity index (χ2n) is 2.25. The van der Waals surface area contributed by atoms with Gasteiger partial charge >= 0.3 is 6.09 Å². The fraction of sp³-hybridized carbons (Fsp3) is 0.375. The molecule has 0 bridgehead atoms. The monoisotopic (exact) mass is 168 g/mol. The first-order valence-electron chi connectivity index (χ1n) is 3.86. The van der Waals surface area contributed by atoms with Crippen LogP contribution in [0.5, 0.6) is 0 Å². The van der Waals surface area contributed by atoms with E-state index < -0.39 is 6.09 Å². The second kappa shape index (κ2) is 4.43. The van der Waals surface area contributed by atoms with Crippen molar-refractivity contribution in [3.63, 3.8) is 0 Å². The Morgan fingerprint density at radius 2 is 2.50 bits per heavy atom. The van der Waals surface area contributed by atoms with E-state index in [1.807, 2.05) is 18.2 Å². The highest BCUT2D eigenvalue weighted by atomic mass is 16.6. The lowest BCUT2D eigenvalue weighted by Gasteiger charge is -2.20. The summed E-state index contributed by atoms with van der Waals surface area (Å²) in [5.74, 6) is 0. The van der Waals surface area contributed by atoms with Crippen LogP contribution in [0.15, 0.2) is 24.4 Å². The van der Waals surface area contributed by atoms with E-state index in [-0.39, 0.29) is 0 Å². The van der Waals surface area contributed by atoms with Crippen LogP contribution in [-0.2, 0) is 4.74 Å². The normalized spacial score (nSPS) is 14.6. The van der Waals surface area contributed by atoms with Gasteiger partial charge in [0.2, 0.25) is 0 Å². The number of hydrogen-bond acceptors (Lipinski definition) is 3. The van der Waals surface area contributed by atoms with Gasteiger partial charge in [-0.05, 0) is 13.0 Å². The van der Waals surface area contributed by atoms with E-state index in [2.05, 4.69) is 5.43 Å². The molecule has 0 atom stereocenters. The zero-order valence-electron chi connectivity index (χ0n) is 6.99. The Labute approximate surface area is 71.5 Å². The lowest BCUT2D eigenvalue weighted by atomic mass is 10.4. The highest BCUT2D eigenvalue weighted by Crippen LogP contribution is 1.94. The van der Waals surface area contributed by atoms with Gasteiger partial charge in [0.25, 0.3) is 0 Å². The van der Waals surface area contributed by atoms with Gasteiger partial charge in [-0.25, -0.2) is 10.2 Å². The summed E-state index contributed by atoms with van der Waals surface area (Å²) in [6, 6.07) is 0. The van der Waals surface area contributed by atoms with Crippen molar-refractivity contribution in [3.05, 3.63) is 24.4 Å². The van der Waals surface area contributed by atoms with Crippen molar-refractivity contribution in [1.29, 1.82) is 0 Å². The number of nitrogens with zero attached hydrogens (tertiary/aromatic N) is 1. The van der Waals surface area contributed by atoms with E-state index >= 15 is 0 Å². The lowest BCUT2D eigenvalue weighted by molar-refractivity contribution is 0.128. The first kappa shape index (κ1) is 8.64. The van der Waals surface area contributed by atoms with Gasteiger partial charge in [0.1, 0.15) is 0 Å². The van der Waals surface area contributed by atoms with Crippen LogP contribution in [0.2, 0.25) is 0 Å². The SMILES string of the molecule is CCOC(=O)NN1C=CC=CC1. The zero-order valence-corrected chi connectivity index (χ0v) is 6.99. The molecule has 0 radical (unpaired) electrons. The van der Waals surface area contributed by atoms with Crippen LogP contribution in [-0.4, -0.2) is 24.3 Å². The Morgan fingerprint density at radius 3 is 3.08 bits per heavy atom. The smallest absolute Gasteiger partial charge is 0.426 e. The summed E-state index contributed by atoms with van der Waals surface area (Å²) in [5.41, 5.74) is 2.55. The minimum atomic E-state index is -0.419. The average molecular weight is 168 g/mol. The number of amides is 1. The molecule has 1 N–H and O–H groups in total. The summed E-state index contributed by atoms with van der Waals surface area (Å²) in [6.45, 7) is 2.83. The molecular weight excluding hydrogens is 156 g/mol. The second-order valence-corrected chi connectivity index (χ2v) is 2.25. The van der Waals surface area contributed by atoms with E-state index in [0.717, 1.165) is 0 Å². The molecule has 0 aromatic heterocycles. The molecular formula is C8H12N2O2. The molecule has 0 aliphatic carbocycles. The first-order valence-corrected chi connectivity index (χ1v) is 3.86. The largest absolute Gasteiger partial charge is 0.449 e. The molecule has 0 aromatic rings. The molecule has 1 aliphatic rings. The summed E-state index contributed by atoms with van der Waals surface area (Å²) >= 11 is 0. The molecule has 1 aliphatic heterocycles. The van der Waals surface area contributed by atoms with Crippen LogP contribution in [0.4, 0.5) is 4.79 Å². The Hall–Kier alpha value is -1.45. The molecule has 0 unspecified atom stereocenters. The molecule has 0 saturated carbocycles. The molecule has 0 fully saturated rings. The number of carbonyl (C=O) groups excluding carboxylic acids is 1. The maximum Gasteiger partial charge on any atom is 0.426 e. The van der Waals surface area contributed by atoms with Crippen LogP contribution in [0.3, 0.4) is 0 Å². The Morgan fingerprint density at radius 1 is 1.67 bits per heavy atom. The molecule has 0 spiro atoms. The summed E-state index contributed by atoms with van der Waals surface area (Å²) < 4.78 is 4.69. The Bertz CT molecular complexity index is 211. The number of hydrogen-bond donors (Lipinski definition) is 1. The summed E-state index contributed by atoms with van der Waals surface area (Å²) in [5, 5.41) is 1.65. The van der Waals surface area contributed by atoms with Crippen molar-refractivity contribution in [2.24, 2.45) is 0 Å². The van der Waals surface area contributed by atoms with Crippen molar-refractivity contribution in [2.45, 2.75) is 6.92 Å². The number of hydrazine groups is 1. The number of nitrogens with one attached hydrogen (secondary N) is 1. The van der Waals surface area contributed by atoms with Gasteiger partial charge < -0.3 is 4.74 Å². The molecule has 12 heavy (non-hydrogen) atoms. The van der Waals surface area contributed by atoms with Gasteiger partial charge in [-0.3, -0.25) is 5.01 Å². The number of carbonyl (C=O) groups is 1. The van der Waals surface area contributed by atoms with Gasteiger partial charge in [0, 0.05) is 6.20 Å². The van der Waals surface area contributed by atoms with E-state index in [0.29, 0.717) is 13.2 Å². The maximum atomic E-state index is 10.9. The Kier molecular flexibility index (Phi) is 3.19. The first-order chi connectivity index (χ1) is 5.83. The van der Waals surface area contributed by atoms with Crippen LogP contribution in [0, 0.1) is 0 Å². The molecule has 66 valence electrons. The predicted molar refractivity (Wildman–Crippen MR) is 45.1 cm³/mol. The molecule has 1 heterocycles. The lowest BCUT2D eigenvalue weighted by Crippen LogP contribution is -2.39. The van der Waals surface area contributed by atoms with Crippen LogP contribution >= 0.6 is 0 Å². The minimum Gasteiger partial charge on any atom is -0.449 e. The van der Waals surface area contributed by atoms with Crippen molar-refractivity contribution in [1.82, 2.24) is 10.4 Å². The minimum absolute atomic E-state index is 0.388.